The van der Waals surface area contributed by atoms with E-state index >= 15 is 0 Å². The quantitative estimate of drug-likeness (QED) is 0.0912. The SMILES string of the molecule is CCc1nc2c3c(-c4ccc(-c5cccc(-c6c(-c7ccccc7)nc(-c7ccccc7)nc6-c6ccccc6)n5)cc4)nc4ccccc4c3ccc2n1-c1ccccc1.CCc1nc2c3c(-c4ccc(-c5cccc(-c6nc(-c7ccc(-c8ccccc8)cc7)c7ccccc7n6)n5)cc4)nc4ccccc4c3ccc2n1-c1ccccc1. The average molecular weight is 1540 g/mol. The number of imidazole rings is 2. The van der Waals surface area contributed by atoms with Gasteiger partial charge in [-0.3, -0.25) is 9.13 Å². The van der Waals surface area contributed by atoms with Crippen LogP contribution in [0.25, 0.3) is 212 Å². The Morgan fingerprint density at radius 2 is 0.533 bits per heavy atom. The Hall–Kier alpha value is -15.9. The third-order valence-electron chi connectivity index (χ3n) is 22.6. The molecule has 0 radical (unpaired) electrons. The van der Waals surface area contributed by atoms with Gasteiger partial charge < -0.3 is 0 Å². The maximum absolute atomic E-state index is 5.36. The van der Waals surface area contributed by atoms with E-state index in [1.54, 1.807) is 0 Å². The lowest BCUT2D eigenvalue weighted by Gasteiger charge is -2.17. The molecule has 0 N–H and O–H groups in total. The Labute approximate surface area is 693 Å². The van der Waals surface area contributed by atoms with E-state index in [2.05, 4.69) is 302 Å². The van der Waals surface area contributed by atoms with E-state index in [0.717, 1.165) is 213 Å². The van der Waals surface area contributed by atoms with Gasteiger partial charge in [0, 0.05) is 95.7 Å². The van der Waals surface area contributed by atoms with Crippen LogP contribution in [0.1, 0.15) is 25.5 Å². The number of rotatable bonds is 15. The van der Waals surface area contributed by atoms with E-state index in [0.29, 0.717) is 17.3 Å². The zero-order valence-electron chi connectivity index (χ0n) is 65.7. The van der Waals surface area contributed by atoms with Crippen LogP contribution in [-0.2, 0) is 12.8 Å². The number of aryl methyl sites for hydroxylation is 2. The van der Waals surface area contributed by atoms with Gasteiger partial charge in [0.05, 0.1) is 89.7 Å². The molecule has 0 saturated carbocycles. The van der Waals surface area contributed by atoms with Crippen molar-refractivity contribution >= 4 is 76.3 Å². The van der Waals surface area contributed by atoms with Gasteiger partial charge in [0.2, 0.25) is 0 Å². The number of hydrogen-bond donors (Lipinski definition) is 0. The molecule has 0 spiro atoms. The topological polar surface area (TPSA) is 139 Å². The van der Waals surface area contributed by atoms with E-state index in [9.17, 15) is 0 Å². The fraction of sp³-hybridized carbons (Fsp3) is 0.0370. The van der Waals surface area contributed by atoms with Crippen LogP contribution >= 0.6 is 0 Å². The molecule has 14 aromatic carbocycles. The Kier molecular flexibility index (Phi) is 18.6. The summed E-state index contributed by atoms with van der Waals surface area (Å²) in [5.41, 5.74) is 27.8. The van der Waals surface area contributed by atoms with Crippen LogP contribution in [0, 0.1) is 0 Å². The fourth-order valence-electron chi connectivity index (χ4n) is 16.8. The van der Waals surface area contributed by atoms with Crippen molar-refractivity contribution in [3.8, 4) is 135 Å². The summed E-state index contributed by atoms with van der Waals surface area (Å²) in [7, 11) is 0. The van der Waals surface area contributed by atoms with Crippen molar-refractivity contribution in [1.29, 1.82) is 0 Å². The second-order valence-electron chi connectivity index (χ2n) is 29.8. The zero-order chi connectivity index (χ0) is 80.0. The number of fused-ring (bicyclic) bond motifs is 11. The summed E-state index contributed by atoms with van der Waals surface area (Å²) in [6.07, 6.45) is 1.60. The number of para-hydroxylation sites is 5. The van der Waals surface area contributed by atoms with E-state index in [1.165, 1.54) is 5.56 Å². The highest BCUT2D eigenvalue weighted by atomic mass is 15.1. The van der Waals surface area contributed by atoms with Gasteiger partial charge in [-0.15, -0.1) is 0 Å². The monoisotopic (exact) mass is 1540 g/mol. The number of aromatic nitrogens is 12. The van der Waals surface area contributed by atoms with Gasteiger partial charge in [-0.2, -0.15) is 0 Å². The lowest BCUT2D eigenvalue weighted by atomic mass is 9.96. The van der Waals surface area contributed by atoms with Gasteiger partial charge in [-0.1, -0.05) is 323 Å². The molecule has 0 aliphatic heterocycles. The molecule has 0 atom stereocenters. The normalized spacial score (nSPS) is 11.5. The van der Waals surface area contributed by atoms with Gasteiger partial charge in [0.1, 0.15) is 17.3 Å². The van der Waals surface area contributed by atoms with Crippen molar-refractivity contribution in [1.82, 2.24) is 59.0 Å². The van der Waals surface area contributed by atoms with Crippen LogP contribution in [0.4, 0.5) is 0 Å². The Bertz CT molecular complexity index is 7550. The molecule has 0 aliphatic rings. The van der Waals surface area contributed by atoms with Crippen LogP contribution < -0.4 is 0 Å². The maximum Gasteiger partial charge on any atom is 0.179 e. The smallest absolute Gasteiger partial charge is 0.179 e. The maximum atomic E-state index is 5.36. The summed E-state index contributed by atoms with van der Waals surface area (Å²) >= 11 is 0. The minimum Gasteiger partial charge on any atom is -0.296 e. The summed E-state index contributed by atoms with van der Waals surface area (Å²) in [6, 6.07) is 134. The number of nitrogens with zero attached hydrogens (tertiary/aromatic N) is 12. The first-order chi connectivity index (χ1) is 59.4. The number of pyridine rings is 4. The molecule has 8 aromatic heterocycles. The molecule has 0 saturated heterocycles. The third-order valence-corrected chi connectivity index (χ3v) is 22.6. The van der Waals surface area contributed by atoms with Gasteiger partial charge in [0.25, 0.3) is 0 Å². The molecule has 8 heterocycles. The highest BCUT2D eigenvalue weighted by molar-refractivity contribution is 6.21. The van der Waals surface area contributed by atoms with E-state index in [4.69, 9.17) is 49.8 Å². The molecule has 12 heteroatoms. The van der Waals surface area contributed by atoms with Crippen molar-refractivity contribution in [2.45, 2.75) is 26.7 Å². The van der Waals surface area contributed by atoms with Crippen LogP contribution in [0.15, 0.2) is 388 Å². The number of benzene rings is 14. The van der Waals surface area contributed by atoms with Crippen molar-refractivity contribution in [2.24, 2.45) is 0 Å². The van der Waals surface area contributed by atoms with Crippen molar-refractivity contribution < 1.29 is 0 Å². The first-order valence-electron chi connectivity index (χ1n) is 40.7. The minimum atomic E-state index is 0.585. The largest absolute Gasteiger partial charge is 0.296 e. The van der Waals surface area contributed by atoms with Crippen molar-refractivity contribution in [2.75, 3.05) is 0 Å². The zero-order valence-corrected chi connectivity index (χ0v) is 65.7. The number of hydrogen-bond acceptors (Lipinski definition) is 10. The predicted octanol–water partition coefficient (Wildman–Crippen LogP) is 26.4. The van der Waals surface area contributed by atoms with Crippen LogP contribution in [0.3, 0.4) is 0 Å². The predicted molar refractivity (Wildman–Crippen MR) is 491 cm³/mol. The molecular formula is C108H74N12. The standard InChI is InChI=1S/C55H38N6.C53H36N6/c1-2-48-58-54-47(61(48)41-24-13-6-14-25-41)35-34-43-42-26-15-16-27-45(42)57-51(49(43)54)39-32-30-36(31-33-39)44-28-17-29-46(56-44)50-52(37-18-7-3-8-19-37)59-55(40-22-11-5-12-23-40)60-53(50)38-20-9-4-10-21-38;1-2-48-57-52-47(59(48)39-16-7-4-8-17-39)33-32-41-40-18-9-11-20-44(40)55-51(49(41)52)38-30-26-36(27-31-38)43-22-13-23-46(54-43)53-56-45-21-12-10-19-42(45)50(58-53)37-28-24-35(25-29-37)34-14-5-3-6-15-34/h3-35H,2H2,1H3;3-33H,2H2,1H3. The molecule has 0 unspecified atom stereocenters. The summed E-state index contributed by atoms with van der Waals surface area (Å²) in [5.74, 6) is 3.28. The highest BCUT2D eigenvalue weighted by Gasteiger charge is 2.26. The van der Waals surface area contributed by atoms with E-state index in [-0.39, 0.29) is 0 Å². The Morgan fingerprint density at radius 1 is 0.200 bits per heavy atom. The molecule has 12 nitrogen and oxygen atoms in total. The van der Waals surface area contributed by atoms with E-state index < -0.39 is 0 Å². The molecule has 120 heavy (non-hydrogen) atoms. The lowest BCUT2D eigenvalue weighted by Crippen LogP contribution is -2.02. The Balaban J connectivity index is 0.000000149. The highest BCUT2D eigenvalue weighted by Crippen LogP contribution is 2.44. The molecule has 0 fully saturated rings. The van der Waals surface area contributed by atoms with Gasteiger partial charge in [-0.25, -0.2) is 49.8 Å². The van der Waals surface area contributed by atoms with Gasteiger partial charge in [0.15, 0.2) is 11.6 Å². The van der Waals surface area contributed by atoms with Crippen LogP contribution in [0.5, 0.6) is 0 Å². The second-order valence-corrected chi connectivity index (χ2v) is 29.8. The van der Waals surface area contributed by atoms with Gasteiger partial charge in [-0.05, 0) is 101 Å². The summed E-state index contributed by atoms with van der Waals surface area (Å²) in [6.45, 7) is 4.33. The van der Waals surface area contributed by atoms with Crippen LogP contribution in [0.2, 0.25) is 0 Å². The summed E-state index contributed by atoms with van der Waals surface area (Å²) < 4.78 is 4.56. The van der Waals surface area contributed by atoms with Crippen LogP contribution in [-0.4, -0.2) is 59.0 Å². The molecule has 22 rings (SSSR count). The molecule has 0 bridgehead atoms. The first kappa shape index (κ1) is 71.8. The molecule has 566 valence electrons. The second kappa shape index (κ2) is 31.0. The Morgan fingerprint density at radius 3 is 0.992 bits per heavy atom. The minimum absolute atomic E-state index is 0.585. The molecule has 0 aliphatic carbocycles. The summed E-state index contributed by atoms with van der Waals surface area (Å²) in [5, 5.41) is 7.60. The molecule has 22 aromatic rings. The molecule has 0 amide bonds. The lowest BCUT2D eigenvalue weighted by molar-refractivity contribution is 0.908. The van der Waals surface area contributed by atoms with Crippen molar-refractivity contribution in [3.05, 3.63) is 400 Å². The average Bonchev–Trinajstić information content (AvgIpc) is 1.55. The third kappa shape index (κ3) is 13.2. The summed E-state index contributed by atoms with van der Waals surface area (Å²) in [4.78, 5) is 52.4. The van der Waals surface area contributed by atoms with Gasteiger partial charge >= 0.3 is 0 Å². The first-order valence-corrected chi connectivity index (χ1v) is 40.7. The fourth-order valence-corrected chi connectivity index (χ4v) is 16.8. The van der Waals surface area contributed by atoms with E-state index in [1.807, 2.05) is 109 Å². The van der Waals surface area contributed by atoms with Crippen molar-refractivity contribution in [3.63, 3.8) is 0 Å². The molecular weight excluding hydrogens is 1470 g/mol.